The Labute approximate surface area is 110 Å². The molecule has 1 saturated heterocycles. The molecule has 0 aliphatic carbocycles. The molecule has 1 fully saturated rings. The number of pyridine rings is 1. The molecule has 0 amide bonds. The first-order chi connectivity index (χ1) is 8.85. The van der Waals surface area contributed by atoms with Gasteiger partial charge in [0, 0.05) is 26.2 Å². The van der Waals surface area contributed by atoms with E-state index in [0.717, 1.165) is 11.4 Å². The van der Waals surface area contributed by atoms with Gasteiger partial charge in [0.2, 0.25) is 0 Å². The minimum Gasteiger partial charge on any atom is -0.397 e. The Kier molecular flexibility index (Phi) is 3.84. The van der Waals surface area contributed by atoms with Crippen LogP contribution in [0, 0.1) is 6.92 Å². The van der Waals surface area contributed by atoms with Crippen molar-refractivity contribution >= 4 is 11.5 Å². The van der Waals surface area contributed by atoms with E-state index in [2.05, 4.69) is 4.98 Å². The molecule has 106 valence electrons. The minimum absolute atomic E-state index is 0.393. The number of aryl methyl sites for hydroxylation is 1. The van der Waals surface area contributed by atoms with Gasteiger partial charge in [0.05, 0.1) is 18.4 Å². The molecule has 2 heterocycles. The molecule has 19 heavy (non-hydrogen) atoms. The number of alkyl halides is 3. The molecule has 0 radical (unpaired) electrons. The lowest BCUT2D eigenvalue weighted by atomic mass is 10.2. The van der Waals surface area contributed by atoms with E-state index in [0.29, 0.717) is 31.9 Å². The van der Waals surface area contributed by atoms with Gasteiger partial charge in [-0.1, -0.05) is 0 Å². The Morgan fingerprint density at radius 3 is 2.42 bits per heavy atom. The highest BCUT2D eigenvalue weighted by atomic mass is 19.4. The molecule has 1 aromatic heterocycles. The molecule has 0 saturated carbocycles. The maximum Gasteiger partial charge on any atom is 0.401 e. The van der Waals surface area contributed by atoms with Crippen LogP contribution in [0.2, 0.25) is 0 Å². The van der Waals surface area contributed by atoms with Crippen LogP contribution < -0.4 is 10.6 Å². The predicted octanol–water partition coefficient (Wildman–Crippen LogP) is 1.66. The number of halogens is 3. The zero-order valence-electron chi connectivity index (χ0n) is 10.7. The molecular formula is C12H17F3N4. The van der Waals surface area contributed by atoms with Gasteiger partial charge in [0.25, 0.3) is 0 Å². The summed E-state index contributed by atoms with van der Waals surface area (Å²) >= 11 is 0. The lowest BCUT2D eigenvalue weighted by Gasteiger charge is -2.35. The maximum absolute atomic E-state index is 12.3. The monoisotopic (exact) mass is 274 g/mol. The van der Waals surface area contributed by atoms with Crippen molar-refractivity contribution in [1.29, 1.82) is 0 Å². The van der Waals surface area contributed by atoms with E-state index in [9.17, 15) is 13.2 Å². The fourth-order valence-corrected chi connectivity index (χ4v) is 2.11. The third-order valence-corrected chi connectivity index (χ3v) is 3.24. The molecule has 0 unspecified atom stereocenters. The van der Waals surface area contributed by atoms with Crippen LogP contribution in [0.4, 0.5) is 24.7 Å². The smallest absolute Gasteiger partial charge is 0.397 e. The summed E-state index contributed by atoms with van der Waals surface area (Å²) in [4.78, 5) is 7.63. The Balaban J connectivity index is 1.94. The normalized spacial score (nSPS) is 17.8. The summed E-state index contributed by atoms with van der Waals surface area (Å²) in [5, 5.41) is 0. The van der Waals surface area contributed by atoms with Gasteiger partial charge in [-0.3, -0.25) is 4.90 Å². The SMILES string of the molecule is Cc1cc(N2CCN(CC(F)(F)F)CC2)ncc1N. The highest BCUT2D eigenvalue weighted by Crippen LogP contribution is 2.21. The van der Waals surface area contributed by atoms with E-state index in [1.165, 1.54) is 4.90 Å². The van der Waals surface area contributed by atoms with E-state index in [-0.39, 0.29) is 0 Å². The number of aromatic nitrogens is 1. The van der Waals surface area contributed by atoms with E-state index in [1.807, 2.05) is 17.9 Å². The number of nitrogen functional groups attached to an aromatic ring is 1. The largest absolute Gasteiger partial charge is 0.401 e. The van der Waals surface area contributed by atoms with Gasteiger partial charge in [0.15, 0.2) is 0 Å². The Hall–Kier alpha value is -1.50. The summed E-state index contributed by atoms with van der Waals surface area (Å²) in [7, 11) is 0. The quantitative estimate of drug-likeness (QED) is 0.891. The number of hydrogen-bond acceptors (Lipinski definition) is 4. The predicted molar refractivity (Wildman–Crippen MR) is 68.1 cm³/mol. The van der Waals surface area contributed by atoms with Crippen LogP contribution in [0.3, 0.4) is 0 Å². The zero-order valence-corrected chi connectivity index (χ0v) is 10.7. The van der Waals surface area contributed by atoms with Crippen molar-refractivity contribution in [1.82, 2.24) is 9.88 Å². The summed E-state index contributed by atoms with van der Waals surface area (Å²) in [5.74, 6) is 0.776. The number of anilines is 2. The molecule has 1 aromatic rings. The second kappa shape index (κ2) is 5.24. The van der Waals surface area contributed by atoms with E-state index < -0.39 is 12.7 Å². The molecule has 0 spiro atoms. The number of rotatable bonds is 2. The maximum atomic E-state index is 12.3. The number of nitrogens with zero attached hydrogens (tertiary/aromatic N) is 3. The zero-order chi connectivity index (χ0) is 14.0. The third kappa shape index (κ3) is 3.73. The summed E-state index contributed by atoms with van der Waals surface area (Å²) < 4.78 is 36.8. The Morgan fingerprint density at radius 1 is 1.26 bits per heavy atom. The van der Waals surface area contributed by atoms with Crippen molar-refractivity contribution in [3.63, 3.8) is 0 Å². The van der Waals surface area contributed by atoms with Crippen molar-refractivity contribution < 1.29 is 13.2 Å². The lowest BCUT2D eigenvalue weighted by molar-refractivity contribution is -0.146. The van der Waals surface area contributed by atoms with Crippen LogP contribution >= 0.6 is 0 Å². The van der Waals surface area contributed by atoms with Crippen LogP contribution in [-0.4, -0.2) is 48.8 Å². The molecule has 4 nitrogen and oxygen atoms in total. The van der Waals surface area contributed by atoms with Gasteiger partial charge < -0.3 is 10.6 Å². The summed E-state index contributed by atoms with van der Waals surface area (Å²) in [6.07, 6.45) is -2.54. The molecule has 1 aliphatic heterocycles. The Bertz CT molecular complexity index is 439. The fourth-order valence-electron chi connectivity index (χ4n) is 2.11. The van der Waals surface area contributed by atoms with E-state index in [4.69, 9.17) is 5.73 Å². The van der Waals surface area contributed by atoms with Crippen molar-refractivity contribution in [2.24, 2.45) is 0 Å². The second-order valence-electron chi connectivity index (χ2n) is 4.78. The molecule has 2 rings (SSSR count). The minimum atomic E-state index is -4.13. The number of hydrogen-bond donors (Lipinski definition) is 1. The van der Waals surface area contributed by atoms with E-state index in [1.54, 1.807) is 6.20 Å². The van der Waals surface area contributed by atoms with E-state index >= 15 is 0 Å². The van der Waals surface area contributed by atoms with Gasteiger partial charge in [-0.05, 0) is 18.6 Å². The average molecular weight is 274 g/mol. The van der Waals surface area contributed by atoms with Crippen LogP contribution in [0.1, 0.15) is 5.56 Å². The van der Waals surface area contributed by atoms with Crippen LogP contribution in [0.5, 0.6) is 0 Å². The third-order valence-electron chi connectivity index (χ3n) is 3.24. The lowest BCUT2D eigenvalue weighted by Crippen LogP contribution is -2.49. The first-order valence-electron chi connectivity index (χ1n) is 6.11. The summed E-state index contributed by atoms with van der Waals surface area (Å²) in [5.41, 5.74) is 7.25. The number of piperazine rings is 1. The first-order valence-corrected chi connectivity index (χ1v) is 6.11. The van der Waals surface area contributed by atoms with Crippen LogP contribution in [0.25, 0.3) is 0 Å². The fraction of sp³-hybridized carbons (Fsp3) is 0.583. The molecular weight excluding hydrogens is 257 g/mol. The van der Waals surface area contributed by atoms with Crippen molar-refractivity contribution in [3.05, 3.63) is 17.8 Å². The Morgan fingerprint density at radius 2 is 1.89 bits per heavy atom. The molecule has 0 atom stereocenters. The van der Waals surface area contributed by atoms with Crippen molar-refractivity contribution in [3.8, 4) is 0 Å². The first kappa shape index (κ1) is 13.9. The van der Waals surface area contributed by atoms with Gasteiger partial charge in [-0.2, -0.15) is 13.2 Å². The topological polar surface area (TPSA) is 45.4 Å². The van der Waals surface area contributed by atoms with Gasteiger partial charge >= 0.3 is 6.18 Å². The highest BCUT2D eigenvalue weighted by Gasteiger charge is 2.32. The molecule has 0 aromatic carbocycles. The van der Waals surface area contributed by atoms with Gasteiger partial charge in [0.1, 0.15) is 5.82 Å². The summed E-state index contributed by atoms with van der Waals surface area (Å²) in [6.45, 7) is 2.93. The summed E-state index contributed by atoms with van der Waals surface area (Å²) in [6, 6.07) is 1.87. The average Bonchev–Trinajstić information content (AvgIpc) is 2.32. The van der Waals surface area contributed by atoms with Crippen molar-refractivity contribution in [2.45, 2.75) is 13.1 Å². The van der Waals surface area contributed by atoms with Crippen molar-refractivity contribution in [2.75, 3.05) is 43.4 Å². The van der Waals surface area contributed by atoms with Gasteiger partial charge in [-0.15, -0.1) is 0 Å². The van der Waals surface area contributed by atoms with Crippen LogP contribution in [-0.2, 0) is 0 Å². The van der Waals surface area contributed by atoms with Gasteiger partial charge in [-0.25, -0.2) is 4.98 Å². The number of nitrogens with two attached hydrogens (primary N) is 1. The molecule has 2 N–H and O–H groups in total. The molecule has 0 bridgehead atoms. The van der Waals surface area contributed by atoms with Crippen LogP contribution in [0.15, 0.2) is 12.3 Å². The highest BCUT2D eigenvalue weighted by molar-refractivity contribution is 5.52. The second-order valence-corrected chi connectivity index (χ2v) is 4.78. The molecule has 1 aliphatic rings. The standard InChI is InChI=1S/C12H17F3N4/c1-9-6-11(17-7-10(9)16)19-4-2-18(3-5-19)8-12(13,14)15/h6-7H,2-5,8,16H2,1H3. The molecule has 7 heteroatoms.